The highest BCUT2D eigenvalue weighted by Crippen LogP contribution is 2.12. The second kappa shape index (κ2) is 1.87. The molecule has 5 heteroatoms. The largest absolute Gasteiger partial charge is 0.351 e. The summed E-state index contributed by atoms with van der Waals surface area (Å²) in [7, 11) is 0. The molecule has 1 aromatic heterocycles. The molecule has 0 bridgehead atoms. The number of rotatable bonds is 1. The van der Waals surface area contributed by atoms with Gasteiger partial charge in [0.25, 0.3) is 0 Å². The van der Waals surface area contributed by atoms with Gasteiger partial charge in [-0.3, -0.25) is 10.1 Å². The standard InChI is InChI=1S/C3HN2O2S/c6-5(7)3-1-2-4-8-3/h2H. The van der Waals surface area contributed by atoms with Crippen LogP contribution in [0.4, 0.5) is 5.00 Å². The van der Waals surface area contributed by atoms with Crippen LogP contribution in [-0.4, -0.2) is 9.30 Å². The molecule has 0 N–H and O–H groups in total. The van der Waals surface area contributed by atoms with Gasteiger partial charge in [0.15, 0.2) is 0 Å². The van der Waals surface area contributed by atoms with E-state index in [1.165, 1.54) is 6.20 Å². The van der Waals surface area contributed by atoms with E-state index in [4.69, 9.17) is 0 Å². The molecule has 0 fully saturated rings. The van der Waals surface area contributed by atoms with E-state index in [-0.39, 0.29) is 5.00 Å². The van der Waals surface area contributed by atoms with Crippen molar-refractivity contribution in [2.75, 3.05) is 0 Å². The Balaban J connectivity index is 2.93. The highest BCUT2D eigenvalue weighted by Gasteiger charge is 2.04. The van der Waals surface area contributed by atoms with Crippen LogP contribution in [0.5, 0.6) is 0 Å². The molecule has 4 nitrogen and oxygen atoms in total. The summed E-state index contributed by atoms with van der Waals surface area (Å²) in [6.07, 6.45) is 1.28. The molecule has 0 aliphatic rings. The van der Waals surface area contributed by atoms with Crippen molar-refractivity contribution >= 4 is 16.5 Å². The van der Waals surface area contributed by atoms with Gasteiger partial charge in [0, 0.05) is 11.5 Å². The van der Waals surface area contributed by atoms with E-state index in [0.717, 1.165) is 11.5 Å². The summed E-state index contributed by atoms with van der Waals surface area (Å²) < 4.78 is 3.49. The minimum absolute atomic E-state index is 0.0370. The second-order valence-electron chi connectivity index (χ2n) is 1.03. The van der Waals surface area contributed by atoms with Gasteiger partial charge in [-0.2, -0.15) is 4.37 Å². The van der Waals surface area contributed by atoms with Crippen LogP contribution in [0.15, 0.2) is 6.20 Å². The van der Waals surface area contributed by atoms with E-state index in [1.54, 1.807) is 0 Å². The maximum absolute atomic E-state index is 9.81. The van der Waals surface area contributed by atoms with E-state index in [9.17, 15) is 10.1 Å². The van der Waals surface area contributed by atoms with Gasteiger partial charge in [0.1, 0.15) is 6.07 Å². The molecule has 8 heavy (non-hydrogen) atoms. The molecule has 41 valence electrons. The van der Waals surface area contributed by atoms with Gasteiger partial charge in [0.2, 0.25) is 0 Å². The number of nitrogens with zero attached hydrogens (tertiary/aromatic N) is 2. The van der Waals surface area contributed by atoms with E-state index < -0.39 is 4.92 Å². The molecular weight excluding hydrogens is 128 g/mol. The molecule has 0 unspecified atom stereocenters. The summed E-state index contributed by atoms with van der Waals surface area (Å²) in [6, 6.07) is 2.34. The van der Waals surface area contributed by atoms with Crippen LogP contribution in [0, 0.1) is 16.2 Å². The SMILES string of the molecule is O=[N+]([O-])c1[c]cns1. The minimum atomic E-state index is -0.516. The third-order valence-electron chi connectivity index (χ3n) is 0.546. The summed E-state index contributed by atoms with van der Waals surface area (Å²) >= 11 is 0.826. The lowest BCUT2D eigenvalue weighted by molar-refractivity contribution is -0.380. The molecule has 0 saturated heterocycles. The average molecular weight is 129 g/mol. The topological polar surface area (TPSA) is 56.0 Å². The van der Waals surface area contributed by atoms with Gasteiger partial charge in [-0.25, -0.2) is 0 Å². The summed E-state index contributed by atoms with van der Waals surface area (Å²) in [5.41, 5.74) is 0. The predicted molar refractivity (Wildman–Crippen MR) is 27.6 cm³/mol. The Morgan fingerprint density at radius 1 is 2.00 bits per heavy atom. The molecule has 0 atom stereocenters. The number of nitro groups is 1. The van der Waals surface area contributed by atoms with Crippen molar-refractivity contribution in [3.63, 3.8) is 0 Å². The Labute approximate surface area is 49.1 Å². The Morgan fingerprint density at radius 3 is 3.00 bits per heavy atom. The molecule has 0 spiro atoms. The fraction of sp³-hybridized carbons (Fsp3) is 0. The highest BCUT2D eigenvalue weighted by molar-refractivity contribution is 7.09. The number of hydrogen-bond donors (Lipinski definition) is 0. The maximum atomic E-state index is 9.81. The maximum Gasteiger partial charge on any atom is 0.351 e. The van der Waals surface area contributed by atoms with Crippen molar-refractivity contribution < 1.29 is 4.92 Å². The summed E-state index contributed by atoms with van der Waals surface area (Å²) in [6.45, 7) is 0. The zero-order valence-corrected chi connectivity index (χ0v) is 4.51. The summed E-state index contributed by atoms with van der Waals surface area (Å²) in [5, 5.41) is 9.77. The average Bonchev–Trinajstić information content (AvgIpc) is 2.12. The van der Waals surface area contributed by atoms with E-state index in [2.05, 4.69) is 10.4 Å². The van der Waals surface area contributed by atoms with E-state index >= 15 is 0 Å². The molecule has 0 amide bonds. The summed E-state index contributed by atoms with van der Waals surface area (Å²) in [5.74, 6) is 0. The van der Waals surface area contributed by atoms with Crippen LogP contribution in [0.2, 0.25) is 0 Å². The zero-order chi connectivity index (χ0) is 5.98. The minimum Gasteiger partial charge on any atom is -0.257 e. The number of hydrogen-bond acceptors (Lipinski definition) is 4. The van der Waals surface area contributed by atoms with Crippen LogP contribution in [0.1, 0.15) is 0 Å². The number of aromatic nitrogens is 1. The monoisotopic (exact) mass is 129 g/mol. The molecule has 1 radical (unpaired) electrons. The molecule has 0 aromatic carbocycles. The molecule has 1 heterocycles. The molecule has 1 aromatic rings. The van der Waals surface area contributed by atoms with Gasteiger partial charge >= 0.3 is 5.00 Å². The first-order valence-electron chi connectivity index (χ1n) is 1.77. The van der Waals surface area contributed by atoms with Crippen molar-refractivity contribution in [3.05, 3.63) is 22.4 Å². The van der Waals surface area contributed by atoms with Gasteiger partial charge in [-0.15, -0.1) is 0 Å². The second-order valence-corrected chi connectivity index (χ2v) is 1.81. The Morgan fingerprint density at radius 2 is 2.75 bits per heavy atom. The van der Waals surface area contributed by atoms with Crippen molar-refractivity contribution in [2.45, 2.75) is 0 Å². The fourth-order valence-corrected chi connectivity index (χ4v) is 0.648. The molecule has 0 aliphatic carbocycles. The van der Waals surface area contributed by atoms with Crippen LogP contribution in [0.25, 0.3) is 0 Å². The van der Waals surface area contributed by atoms with Crippen molar-refractivity contribution in [2.24, 2.45) is 0 Å². The lowest BCUT2D eigenvalue weighted by Gasteiger charge is -1.74. The van der Waals surface area contributed by atoms with Crippen molar-refractivity contribution in [1.82, 2.24) is 4.37 Å². The van der Waals surface area contributed by atoms with E-state index in [0.29, 0.717) is 0 Å². The fourth-order valence-electron chi connectivity index (χ4n) is 0.270. The lowest BCUT2D eigenvalue weighted by Crippen LogP contribution is -1.80. The lowest BCUT2D eigenvalue weighted by atomic mass is 10.7. The van der Waals surface area contributed by atoms with Crippen LogP contribution < -0.4 is 0 Å². The van der Waals surface area contributed by atoms with Crippen molar-refractivity contribution in [1.29, 1.82) is 0 Å². The molecule has 1 rings (SSSR count). The van der Waals surface area contributed by atoms with E-state index in [1.807, 2.05) is 0 Å². The smallest absolute Gasteiger partial charge is 0.257 e. The van der Waals surface area contributed by atoms with Crippen LogP contribution >= 0.6 is 11.5 Å². The predicted octanol–water partition coefficient (Wildman–Crippen LogP) is 0.851. The third-order valence-corrected chi connectivity index (χ3v) is 1.20. The Hall–Kier alpha value is -0.970. The van der Waals surface area contributed by atoms with Gasteiger partial charge < -0.3 is 0 Å². The summed E-state index contributed by atoms with van der Waals surface area (Å²) in [4.78, 5) is 9.29. The first kappa shape index (κ1) is 5.17. The normalized spacial score (nSPS) is 9.00. The zero-order valence-electron chi connectivity index (χ0n) is 3.70. The Kier molecular flexibility index (Phi) is 1.21. The van der Waals surface area contributed by atoms with Gasteiger partial charge in [-0.05, 0) is 0 Å². The third kappa shape index (κ3) is 0.812. The van der Waals surface area contributed by atoms with Crippen LogP contribution in [0.3, 0.4) is 0 Å². The van der Waals surface area contributed by atoms with Gasteiger partial charge in [0.05, 0.1) is 11.1 Å². The Bertz CT molecular complexity index is 183. The highest BCUT2D eigenvalue weighted by atomic mass is 32.1. The van der Waals surface area contributed by atoms with Gasteiger partial charge in [-0.1, -0.05) is 0 Å². The molecular formula is C3HN2O2S. The first-order chi connectivity index (χ1) is 3.80. The van der Waals surface area contributed by atoms with Crippen LogP contribution in [-0.2, 0) is 0 Å². The quantitative estimate of drug-likeness (QED) is 0.417. The first-order valence-corrected chi connectivity index (χ1v) is 2.55. The van der Waals surface area contributed by atoms with Crippen molar-refractivity contribution in [3.8, 4) is 0 Å². The molecule has 0 aliphatic heterocycles. The molecule has 0 saturated carbocycles.